The zero-order chi connectivity index (χ0) is 21.4. The van der Waals surface area contributed by atoms with Crippen molar-refractivity contribution in [3.63, 3.8) is 0 Å². The Morgan fingerprint density at radius 2 is 1.86 bits per heavy atom. The lowest BCUT2D eigenvalue weighted by atomic mass is 9.91. The molecule has 158 valence electrons. The monoisotopic (exact) mass is 403 g/mol. The van der Waals surface area contributed by atoms with Crippen LogP contribution < -0.4 is 10.2 Å². The Bertz CT molecular complexity index is 811. The number of amides is 3. The van der Waals surface area contributed by atoms with Crippen LogP contribution in [0.5, 0.6) is 0 Å². The number of para-hydroxylation sites is 1. The number of nitrogens with one attached hydrogen (secondary N) is 1. The second-order valence-electron chi connectivity index (χ2n) is 8.60. The number of carbonyl (C=O) groups is 3. The molecule has 0 aliphatic carbocycles. The van der Waals surface area contributed by atoms with E-state index in [2.05, 4.69) is 5.32 Å². The van der Waals surface area contributed by atoms with E-state index >= 15 is 0 Å². The molecule has 1 atom stereocenters. The number of piperidine rings is 1. The van der Waals surface area contributed by atoms with Crippen LogP contribution in [-0.2, 0) is 19.9 Å². The van der Waals surface area contributed by atoms with Crippen molar-refractivity contribution in [2.45, 2.75) is 57.3 Å². The highest BCUT2D eigenvalue weighted by atomic mass is 16.6. The third-order valence-corrected chi connectivity index (χ3v) is 5.36. The van der Waals surface area contributed by atoms with E-state index in [-0.39, 0.29) is 18.6 Å². The molecule has 8 nitrogen and oxygen atoms in total. The summed E-state index contributed by atoms with van der Waals surface area (Å²) in [5, 5.41) is 13.6. The Morgan fingerprint density at radius 1 is 1.24 bits per heavy atom. The van der Waals surface area contributed by atoms with Gasteiger partial charge >= 0.3 is 6.09 Å². The van der Waals surface area contributed by atoms with Gasteiger partial charge in [-0.25, -0.2) is 4.79 Å². The number of nitrogens with zero attached hydrogens (tertiary/aromatic N) is 2. The molecule has 1 aromatic carbocycles. The smallest absolute Gasteiger partial charge is 0.410 e. The highest BCUT2D eigenvalue weighted by molar-refractivity contribution is 6.09. The van der Waals surface area contributed by atoms with Crippen LogP contribution in [-0.4, -0.2) is 59.7 Å². The van der Waals surface area contributed by atoms with Gasteiger partial charge in [0, 0.05) is 31.7 Å². The first-order valence-corrected chi connectivity index (χ1v) is 9.91. The molecule has 0 aromatic heterocycles. The Kier molecular flexibility index (Phi) is 5.58. The maximum absolute atomic E-state index is 13.2. The van der Waals surface area contributed by atoms with Crippen molar-refractivity contribution < 1.29 is 24.2 Å². The van der Waals surface area contributed by atoms with Gasteiger partial charge in [0.25, 0.3) is 5.91 Å². The number of hydrogen-bond acceptors (Lipinski definition) is 5. The molecule has 0 radical (unpaired) electrons. The van der Waals surface area contributed by atoms with Gasteiger partial charge in [-0.3, -0.25) is 9.59 Å². The number of benzene rings is 1. The van der Waals surface area contributed by atoms with E-state index < -0.39 is 23.0 Å². The van der Waals surface area contributed by atoms with E-state index in [1.54, 1.807) is 34.1 Å². The van der Waals surface area contributed by atoms with Crippen LogP contribution in [0.1, 0.15) is 45.6 Å². The fourth-order valence-electron chi connectivity index (χ4n) is 3.94. The molecule has 1 fully saturated rings. The van der Waals surface area contributed by atoms with Crippen LogP contribution in [0.2, 0.25) is 0 Å². The van der Waals surface area contributed by atoms with Gasteiger partial charge in [-0.1, -0.05) is 18.2 Å². The lowest BCUT2D eigenvalue weighted by Gasteiger charge is -2.37. The van der Waals surface area contributed by atoms with Crippen LogP contribution >= 0.6 is 0 Å². The highest BCUT2D eigenvalue weighted by Gasteiger charge is 2.52. The molecule has 0 saturated carbocycles. The van der Waals surface area contributed by atoms with Crippen LogP contribution in [0.25, 0.3) is 0 Å². The minimum atomic E-state index is -1.88. The lowest BCUT2D eigenvalue weighted by molar-refractivity contribution is -0.142. The number of anilines is 1. The first-order valence-electron chi connectivity index (χ1n) is 9.91. The fourth-order valence-corrected chi connectivity index (χ4v) is 3.94. The Morgan fingerprint density at radius 3 is 2.45 bits per heavy atom. The van der Waals surface area contributed by atoms with E-state index in [0.29, 0.717) is 37.2 Å². The molecule has 2 N–H and O–H groups in total. The van der Waals surface area contributed by atoms with Crippen LogP contribution in [0, 0.1) is 0 Å². The summed E-state index contributed by atoms with van der Waals surface area (Å²) < 4.78 is 5.43. The molecular weight excluding hydrogens is 374 g/mol. The average Bonchev–Trinajstić information content (AvgIpc) is 2.88. The molecule has 29 heavy (non-hydrogen) atoms. The number of rotatable bonds is 3. The normalized spacial score (nSPS) is 22.4. The number of likely N-dealkylation sites (tertiary alicyclic amines) is 1. The van der Waals surface area contributed by atoms with E-state index in [4.69, 9.17) is 4.74 Å². The lowest BCUT2D eigenvalue weighted by Crippen LogP contribution is -2.52. The summed E-state index contributed by atoms with van der Waals surface area (Å²) in [6, 6.07) is 6.86. The minimum absolute atomic E-state index is 0.166. The standard InChI is InChI=1S/C21H29N3O5/c1-20(2,3)29-19(27)23-11-9-14(10-12-23)24-16-8-6-5-7-15(16)21(28,18(24)26)13-17(25)22-4/h5-8,14,28H,9-13H2,1-4H3,(H,22,25). The van der Waals surface area contributed by atoms with Gasteiger partial charge < -0.3 is 25.0 Å². The number of ether oxygens (including phenoxy) is 1. The van der Waals surface area contributed by atoms with Gasteiger partial charge in [0.15, 0.2) is 5.60 Å². The molecule has 0 spiro atoms. The van der Waals surface area contributed by atoms with Crippen molar-refractivity contribution in [1.82, 2.24) is 10.2 Å². The van der Waals surface area contributed by atoms with Gasteiger partial charge in [0.2, 0.25) is 5.91 Å². The summed E-state index contributed by atoms with van der Waals surface area (Å²) in [5.74, 6) is -0.893. The zero-order valence-corrected chi connectivity index (χ0v) is 17.4. The van der Waals surface area contributed by atoms with Crippen molar-refractivity contribution in [3.05, 3.63) is 29.8 Å². The second kappa shape index (κ2) is 7.67. The van der Waals surface area contributed by atoms with Crippen molar-refractivity contribution in [3.8, 4) is 0 Å². The van der Waals surface area contributed by atoms with Crippen LogP contribution in [0.3, 0.4) is 0 Å². The van der Waals surface area contributed by atoms with Gasteiger partial charge in [0.05, 0.1) is 12.1 Å². The highest BCUT2D eigenvalue weighted by Crippen LogP contribution is 2.44. The Balaban J connectivity index is 1.78. The number of aliphatic hydroxyl groups is 1. The van der Waals surface area contributed by atoms with Crippen molar-refractivity contribution >= 4 is 23.6 Å². The topological polar surface area (TPSA) is 99.2 Å². The van der Waals surface area contributed by atoms with E-state index in [0.717, 1.165) is 0 Å². The first kappa shape index (κ1) is 21.1. The summed E-state index contributed by atoms with van der Waals surface area (Å²) >= 11 is 0. The number of carbonyl (C=O) groups excluding carboxylic acids is 3. The Labute approximate surface area is 170 Å². The first-order chi connectivity index (χ1) is 13.6. The molecule has 1 saturated heterocycles. The van der Waals surface area contributed by atoms with Gasteiger partial charge in [-0.05, 0) is 39.7 Å². The molecule has 8 heteroatoms. The summed E-state index contributed by atoms with van der Waals surface area (Å²) in [7, 11) is 1.47. The summed E-state index contributed by atoms with van der Waals surface area (Å²) in [6.45, 7) is 6.39. The third kappa shape index (κ3) is 4.07. The third-order valence-electron chi connectivity index (χ3n) is 5.36. The molecule has 2 heterocycles. The quantitative estimate of drug-likeness (QED) is 0.801. The molecule has 3 rings (SSSR count). The van der Waals surface area contributed by atoms with Crippen LogP contribution in [0.15, 0.2) is 24.3 Å². The predicted molar refractivity (Wildman–Crippen MR) is 107 cm³/mol. The minimum Gasteiger partial charge on any atom is -0.444 e. The maximum Gasteiger partial charge on any atom is 0.410 e. The van der Waals surface area contributed by atoms with Gasteiger partial charge in [0.1, 0.15) is 5.60 Å². The predicted octanol–water partition coefficient (Wildman–Crippen LogP) is 1.76. The Hall–Kier alpha value is -2.61. The number of fused-ring (bicyclic) bond motifs is 1. The summed E-state index contributed by atoms with van der Waals surface area (Å²) in [5.41, 5.74) is -1.37. The van der Waals surface area contributed by atoms with E-state index in [1.807, 2.05) is 20.8 Å². The molecular formula is C21H29N3O5. The van der Waals surface area contributed by atoms with E-state index in [9.17, 15) is 19.5 Å². The molecule has 3 amide bonds. The molecule has 1 unspecified atom stereocenters. The van der Waals surface area contributed by atoms with Crippen LogP contribution in [0.4, 0.5) is 10.5 Å². The second-order valence-corrected chi connectivity index (χ2v) is 8.60. The average molecular weight is 403 g/mol. The molecule has 1 aromatic rings. The van der Waals surface area contributed by atoms with Crippen molar-refractivity contribution in [1.29, 1.82) is 0 Å². The fraction of sp³-hybridized carbons (Fsp3) is 0.571. The SMILES string of the molecule is CNC(=O)CC1(O)C(=O)N(C2CCN(C(=O)OC(C)(C)C)CC2)c2ccccc21. The molecule has 0 bridgehead atoms. The van der Waals surface area contributed by atoms with Gasteiger partial charge in [-0.15, -0.1) is 0 Å². The molecule has 2 aliphatic heterocycles. The van der Waals surface area contributed by atoms with Crippen molar-refractivity contribution in [2.75, 3.05) is 25.0 Å². The summed E-state index contributed by atoms with van der Waals surface area (Å²) in [6.07, 6.45) is 0.442. The largest absolute Gasteiger partial charge is 0.444 e. The van der Waals surface area contributed by atoms with Gasteiger partial charge in [-0.2, -0.15) is 0 Å². The zero-order valence-electron chi connectivity index (χ0n) is 17.4. The summed E-state index contributed by atoms with van der Waals surface area (Å²) in [4.78, 5) is 40.7. The maximum atomic E-state index is 13.2. The van der Waals surface area contributed by atoms with E-state index in [1.165, 1.54) is 7.05 Å². The molecule has 2 aliphatic rings. The number of hydrogen-bond donors (Lipinski definition) is 2. The van der Waals surface area contributed by atoms with Crippen molar-refractivity contribution in [2.24, 2.45) is 0 Å².